The predicted octanol–water partition coefficient (Wildman–Crippen LogP) is 0.944. The van der Waals surface area contributed by atoms with E-state index in [-0.39, 0.29) is 4.90 Å². The summed E-state index contributed by atoms with van der Waals surface area (Å²) in [5.41, 5.74) is 6.42. The monoisotopic (exact) mass is 314 g/mol. The van der Waals surface area contributed by atoms with Crippen molar-refractivity contribution in [2.45, 2.75) is 31.3 Å². The minimum absolute atomic E-state index is 0.263. The van der Waals surface area contributed by atoms with E-state index in [1.165, 1.54) is 11.3 Å². The highest BCUT2D eigenvalue weighted by atomic mass is 32.2. The van der Waals surface area contributed by atoms with Crippen molar-refractivity contribution in [1.29, 1.82) is 0 Å². The van der Waals surface area contributed by atoms with Crippen LogP contribution in [0.15, 0.2) is 28.7 Å². The molecule has 0 unspecified atom stereocenters. The molecule has 0 saturated carbocycles. The van der Waals surface area contributed by atoms with Gasteiger partial charge in [0.2, 0.25) is 10.0 Å². The third-order valence-electron chi connectivity index (χ3n) is 2.94. The molecule has 0 amide bonds. The van der Waals surface area contributed by atoms with Crippen LogP contribution in [0.25, 0.3) is 0 Å². The maximum absolute atomic E-state index is 12.2. The van der Waals surface area contributed by atoms with E-state index < -0.39 is 10.0 Å². The number of sulfonamides is 1. The topological polar surface area (TPSA) is 90.0 Å². The van der Waals surface area contributed by atoms with Gasteiger partial charge in [0.05, 0.1) is 9.90 Å². The number of thiazole rings is 1. The number of nitrogens with zero attached hydrogens (tertiary/aromatic N) is 2. The molecule has 2 aromatic rings. The van der Waals surface area contributed by atoms with Crippen LogP contribution < -0.4 is 10.5 Å². The summed E-state index contributed by atoms with van der Waals surface area (Å²) < 4.78 is 28.8. The summed E-state index contributed by atoms with van der Waals surface area (Å²) in [6.45, 7) is 3.31. The van der Waals surface area contributed by atoms with Crippen molar-refractivity contribution in [3.05, 3.63) is 34.5 Å². The maximum atomic E-state index is 12.2. The second-order valence-electron chi connectivity index (χ2n) is 4.23. The fourth-order valence-corrected chi connectivity index (χ4v) is 3.61. The van der Waals surface area contributed by atoms with Gasteiger partial charge in [0.1, 0.15) is 0 Å². The molecule has 110 valence electrons. The Morgan fingerprint density at radius 3 is 2.85 bits per heavy atom. The van der Waals surface area contributed by atoms with E-state index >= 15 is 0 Å². The summed E-state index contributed by atoms with van der Waals surface area (Å²) in [6, 6.07) is 1.62. The summed E-state index contributed by atoms with van der Waals surface area (Å²) in [5, 5.41) is 2.79. The molecule has 0 saturated heterocycles. The summed E-state index contributed by atoms with van der Waals surface area (Å²) in [5.74, 6) is 0. The van der Waals surface area contributed by atoms with Crippen molar-refractivity contribution < 1.29 is 8.42 Å². The van der Waals surface area contributed by atoms with Gasteiger partial charge in [-0.1, -0.05) is 0 Å². The van der Waals surface area contributed by atoms with Gasteiger partial charge in [-0.25, -0.2) is 18.1 Å². The highest BCUT2D eigenvalue weighted by Gasteiger charge is 2.17. The minimum Gasteiger partial charge on any atom is -0.349 e. The summed E-state index contributed by atoms with van der Waals surface area (Å²) in [4.78, 5) is 4.38. The van der Waals surface area contributed by atoms with Crippen molar-refractivity contribution in [1.82, 2.24) is 14.3 Å². The summed E-state index contributed by atoms with van der Waals surface area (Å²) in [7, 11) is -3.48. The molecule has 0 fully saturated rings. The van der Waals surface area contributed by atoms with E-state index in [1.54, 1.807) is 18.5 Å². The van der Waals surface area contributed by atoms with Gasteiger partial charge in [0.15, 0.2) is 0 Å². The molecule has 0 radical (unpaired) electrons. The minimum atomic E-state index is -3.48. The first-order chi connectivity index (χ1) is 9.56. The van der Waals surface area contributed by atoms with Gasteiger partial charge in [0.25, 0.3) is 0 Å². The lowest BCUT2D eigenvalue weighted by Gasteiger charge is -2.03. The lowest BCUT2D eigenvalue weighted by molar-refractivity contribution is 0.581. The Morgan fingerprint density at radius 2 is 2.30 bits per heavy atom. The number of aromatic nitrogens is 2. The van der Waals surface area contributed by atoms with Crippen LogP contribution in [0, 0.1) is 0 Å². The summed E-state index contributed by atoms with van der Waals surface area (Å²) >= 11 is 1.52. The molecular formula is C12H18N4O2S2. The molecule has 2 rings (SSSR count). The number of nitrogens with two attached hydrogens (primary N) is 1. The van der Waals surface area contributed by atoms with Crippen LogP contribution in [0.5, 0.6) is 0 Å². The van der Waals surface area contributed by atoms with Gasteiger partial charge in [0, 0.05) is 49.5 Å². The first-order valence-electron chi connectivity index (χ1n) is 6.34. The van der Waals surface area contributed by atoms with E-state index in [9.17, 15) is 8.42 Å². The van der Waals surface area contributed by atoms with Crippen LogP contribution >= 0.6 is 11.3 Å². The van der Waals surface area contributed by atoms with Crippen LogP contribution in [-0.2, 0) is 29.5 Å². The van der Waals surface area contributed by atoms with Gasteiger partial charge in [-0.3, -0.25) is 0 Å². The van der Waals surface area contributed by atoms with Crippen molar-refractivity contribution in [2.24, 2.45) is 5.73 Å². The fraction of sp³-hybridized carbons (Fsp3) is 0.417. The zero-order valence-electron chi connectivity index (χ0n) is 11.2. The largest absolute Gasteiger partial charge is 0.349 e. The van der Waals surface area contributed by atoms with Gasteiger partial charge in [-0.15, -0.1) is 11.3 Å². The third kappa shape index (κ3) is 3.45. The summed E-state index contributed by atoms with van der Waals surface area (Å²) in [6.07, 6.45) is 3.92. The SMILES string of the molecule is CCn1cc(S(=O)(=O)NCCc2nccs2)cc1CN. The molecule has 20 heavy (non-hydrogen) atoms. The molecule has 0 aliphatic rings. The molecular weight excluding hydrogens is 296 g/mol. The number of nitrogens with one attached hydrogen (secondary N) is 1. The van der Waals surface area contributed by atoms with Crippen LogP contribution in [0.2, 0.25) is 0 Å². The number of aryl methyl sites for hydroxylation is 1. The standard InChI is InChI=1S/C12H18N4O2S2/c1-2-16-9-11(7-10(16)8-13)20(17,18)15-4-3-12-14-5-6-19-12/h5-7,9,15H,2-4,8,13H2,1H3. The van der Waals surface area contributed by atoms with E-state index in [0.717, 1.165) is 10.7 Å². The Labute approximate surface area is 122 Å². The second kappa shape index (κ2) is 6.49. The van der Waals surface area contributed by atoms with Crippen molar-refractivity contribution >= 4 is 21.4 Å². The normalized spacial score (nSPS) is 11.9. The number of rotatable bonds is 7. The lowest BCUT2D eigenvalue weighted by atomic mass is 10.4. The third-order valence-corrected chi connectivity index (χ3v) is 5.20. The Morgan fingerprint density at radius 1 is 1.50 bits per heavy atom. The molecule has 0 bridgehead atoms. The van der Waals surface area contributed by atoms with Crippen LogP contribution in [-0.4, -0.2) is 24.5 Å². The molecule has 3 N–H and O–H groups in total. The fourth-order valence-electron chi connectivity index (χ4n) is 1.89. The first-order valence-corrected chi connectivity index (χ1v) is 8.70. The van der Waals surface area contributed by atoms with Crippen LogP contribution in [0.3, 0.4) is 0 Å². The molecule has 8 heteroatoms. The second-order valence-corrected chi connectivity index (χ2v) is 6.98. The Kier molecular flexibility index (Phi) is 4.92. The molecule has 0 aliphatic heterocycles. The van der Waals surface area contributed by atoms with Crippen molar-refractivity contribution in [3.8, 4) is 0 Å². The molecule has 6 nitrogen and oxygen atoms in total. The molecule has 0 aliphatic carbocycles. The quantitative estimate of drug-likeness (QED) is 0.796. The van der Waals surface area contributed by atoms with Crippen molar-refractivity contribution in [3.63, 3.8) is 0 Å². The average molecular weight is 314 g/mol. The van der Waals surface area contributed by atoms with Crippen LogP contribution in [0.1, 0.15) is 17.6 Å². The van der Waals surface area contributed by atoms with Crippen LogP contribution in [0.4, 0.5) is 0 Å². The predicted molar refractivity (Wildman–Crippen MR) is 79.0 cm³/mol. The smallest absolute Gasteiger partial charge is 0.242 e. The molecule has 2 aromatic heterocycles. The Bertz CT molecular complexity index is 626. The van der Waals surface area contributed by atoms with Gasteiger partial charge >= 0.3 is 0 Å². The average Bonchev–Trinajstić information content (AvgIpc) is 3.07. The van der Waals surface area contributed by atoms with E-state index in [0.29, 0.717) is 26.1 Å². The lowest BCUT2D eigenvalue weighted by Crippen LogP contribution is -2.25. The number of hydrogen-bond acceptors (Lipinski definition) is 5. The molecule has 0 atom stereocenters. The van der Waals surface area contributed by atoms with Gasteiger partial charge < -0.3 is 10.3 Å². The van der Waals surface area contributed by atoms with E-state index in [1.807, 2.05) is 16.9 Å². The highest BCUT2D eigenvalue weighted by Crippen LogP contribution is 2.14. The zero-order chi connectivity index (χ0) is 14.6. The first kappa shape index (κ1) is 15.2. The molecule has 0 spiro atoms. The number of hydrogen-bond donors (Lipinski definition) is 2. The van der Waals surface area contributed by atoms with Gasteiger partial charge in [-0.05, 0) is 13.0 Å². The molecule has 2 heterocycles. The van der Waals surface area contributed by atoms with Gasteiger partial charge in [-0.2, -0.15) is 0 Å². The Balaban J connectivity index is 2.04. The zero-order valence-corrected chi connectivity index (χ0v) is 12.9. The van der Waals surface area contributed by atoms with Crippen molar-refractivity contribution in [2.75, 3.05) is 6.54 Å². The Hall–Kier alpha value is -1.22. The van der Waals surface area contributed by atoms with E-state index in [2.05, 4.69) is 9.71 Å². The maximum Gasteiger partial charge on any atom is 0.242 e. The van der Waals surface area contributed by atoms with E-state index in [4.69, 9.17) is 5.73 Å². The molecule has 0 aromatic carbocycles. The highest BCUT2D eigenvalue weighted by molar-refractivity contribution is 7.89.